The molecule has 1 saturated heterocycles. The quantitative estimate of drug-likeness (QED) is 0.836. The molecule has 1 aromatic rings. The molecule has 5 nitrogen and oxygen atoms in total. The number of benzene rings is 1. The normalized spacial score (nSPS) is 19.3. The maximum atomic E-state index is 12.2. The number of para-hydroxylation sites is 1. The van der Waals surface area contributed by atoms with Gasteiger partial charge in [0.25, 0.3) is 0 Å². The maximum Gasteiger partial charge on any atom is 0.227 e. The molecule has 120 valence electrons. The van der Waals surface area contributed by atoms with Crippen LogP contribution in [0.25, 0.3) is 0 Å². The Morgan fingerprint density at radius 2 is 2.18 bits per heavy atom. The highest BCUT2D eigenvalue weighted by molar-refractivity contribution is 6.00. The Kier molecular flexibility index (Phi) is 5.55. The molecule has 0 bridgehead atoms. The van der Waals surface area contributed by atoms with E-state index in [1.54, 1.807) is 11.8 Å². The number of amides is 2. The van der Waals surface area contributed by atoms with Crippen LogP contribution in [0.3, 0.4) is 0 Å². The summed E-state index contributed by atoms with van der Waals surface area (Å²) in [5, 5.41) is 12.0. The second-order valence-electron chi connectivity index (χ2n) is 5.82. The summed E-state index contributed by atoms with van der Waals surface area (Å²) in [7, 11) is 0. The molecule has 1 aromatic carbocycles. The highest BCUT2D eigenvalue weighted by Crippen LogP contribution is 2.28. The lowest BCUT2D eigenvalue weighted by Crippen LogP contribution is -2.34. The Hall–Kier alpha value is -1.88. The molecule has 5 heteroatoms. The summed E-state index contributed by atoms with van der Waals surface area (Å²) in [6.07, 6.45) is 1.19. The predicted octanol–water partition coefficient (Wildman–Crippen LogP) is 1.49. The molecule has 0 unspecified atom stereocenters. The molecule has 0 radical (unpaired) electrons. The highest BCUT2D eigenvalue weighted by atomic mass is 16.3. The Morgan fingerprint density at radius 1 is 1.45 bits per heavy atom. The van der Waals surface area contributed by atoms with Crippen LogP contribution in [0.1, 0.15) is 32.3 Å². The molecular weight excluding hydrogens is 280 g/mol. The first-order chi connectivity index (χ1) is 10.5. The Bertz CT molecular complexity index is 542. The minimum absolute atomic E-state index is 0.00317. The summed E-state index contributed by atoms with van der Waals surface area (Å²) in [4.78, 5) is 26.1. The summed E-state index contributed by atoms with van der Waals surface area (Å²) < 4.78 is 0. The molecule has 0 spiro atoms. The monoisotopic (exact) mass is 304 g/mol. The van der Waals surface area contributed by atoms with Crippen molar-refractivity contribution in [2.45, 2.75) is 39.2 Å². The molecule has 1 heterocycles. The van der Waals surface area contributed by atoms with Gasteiger partial charge >= 0.3 is 0 Å². The number of carbonyl (C=O) groups is 2. The van der Waals surface area contributed by atoms with Gasteiger partial charge in [-0.05, 0) is 31.4 Å². The third-order valence-electron chi connectivity index (χ3n) is 4.02. The van der Waals surface area contributed by atoms with Gasteiger partial charge in [0.05, 0.1) is 12.0 Å². The fraction of sp³-hybridized carbons (Fsp3) is 0.529. The first-order valence-electron chi connectivity index (χ1n) is 7.87. The summed E-state index contributed by atoms with van der Waals surface area (Å²) in [6, 6.07) is 7.82. The van der Waals surface area contributed by atoms with Crippen LogP contribution >= 0.6 is 0 Å². The number of nitrogens with zero attached hydrogens (tertiary/aromatic N) is 1. The van der Waals surface area contributed by atoms with Crippen LogP contribution in [0.4, 0.5) is 5.69 Å². The van der Waals surface area contributed by atoms with Crippen molar-refractivity contribution < 1.29 is 14.7 Å². The minimum atomic E-state index is -0.432. The number of anilines is 1. The van der Waals surface area contributed by atoms with Gasteiger partial charge in [0.1, 0.15) is 0 Å². The van der Waals surface area contributed by atoms with Crippen molar-refractivity contribution in [3.8, 4) is 0 Å². The standard InChI is InChI=1S/C17H24N2O3/c1-3-13-6-4-5-7-15(13)19-11-14(10-16(19)21)17(22)18-9-8-12(2)20/h4-7,12,14,20H,3,8-11H2,1-2H3,(H,18,22)/t12-,14+/m0/s1. The van der Waals surface area contributed by atoms with Crippen LogP contribution in [0, 0.1) is 5.92 Å². The molecule has 0 aromatic heterocycles. The second-order valence-corrected chi connectivity index (χ2v) is 5.82. The zero-order chi connectivity index (χ0) is 16.1. The highest BCUT2D eigenvalue weighted by Gasteiger charge is 2.35. The maximum absolute atomic E-state index is 12.2. The van der Waals surface area contributed by atoms with Crippen LogP contribution in [-0.2, 0) is 16.0 Å². The number of carbonyl (C=O) groups excluding carboxylic acids is 2. The van der Waals surface area contributed by atoms with E-state index in [9.17, 15) is 14.7 Å². The van der Waals surface area contributed by atoms with Gasteiger partial charge < -0.3 is 15.3 Å². The van der Waals surface area contributed by atoms with Crippen molar-refractivity contribution in [2.24, 2.45) is 5.92 Å². The van der Waals surface area contributed by atoms with Crippen LogP contribution < -0.4 is 10.2 Å². The van der Waals surface area contributed by atoms with Crippen molar-refractivity contribution in [3.05, 3.63) is 29.8 Å². The van der Waals surface area contributed by atoms with E-state index in [0.29, 0.717) is 19.5 Å². The Labute approximate surface area is 131 Å². The summed E-state index contributed by atoms with van der Waals surface area (Å²) >= 11 is 0. The molecule has 2 atom stereocenters. The third kappa shape index (κ3) is 3.85. The van der Waals surface area contributed by atoms with E-state index in [1.165, 1.54) is 0 Å². The molecule has 22 heavy (non-hydrogen) atoms. The molecule has 2 rings (SSSR count). The lowest BCUT2D eigenvalue weighted by Gasteiger charge is -2.20. The van der Waals surface area contributed by atoms with Gasteiger partial charge in [-0.3, -0.25) is 9.59 Å². The van der Waals surface area contributed by atoms with E-state index in [2.05, 4.69) is 12.2 Å². The van der Waals surface area contributed by atoms with Gasteiger partial charge in [-0.2, -0.15) is 0 Å². The summed E-state index contributed by atoms with van der Waals surface area (Å²) in [5.74, 6) is -0.423. The smallest absolute Gasteiger partial charge is 0.227 e. The number of hydrogen-bond acceptors (Lipinski definition) is 3. The van der Waals surface area contributed by atoms with E-state index in [1.807, 2.05) is 24.3 Å². The first-order valence-corrected chi connectivity index (χ1v) is 7.87. The molecule has 1 fully saturated rings. The summed E-state index contributed by atoms with van der Waals surface area (Å²) in [5.41, 5.74) is 2.03. The van der Waals surface area contributed by atoms with Gasteiger partial charge in [-0.1, -0.05) is 25.1 Å². The van der Waals surface area contributed by atoms with Gasteiger partial charge in [-0.15, -0.1) is 0 Å². The van der Waals surface area contributed by atoms with Crippen LogP contribution in [0.5, 0.6) is 0 Å². The van der Waals surface area contributed by atoms with Crippen LogP contribution in [-0.4, -0.2) is 36.1 Å². The van der Waals surface area contributed by atoms with Crippen LogP contribution in [0.15, 0.2) is 24.3 Å². The van der Waals surface area contributed by atoms with Crippen molar-refractivity contribution >= 4 is 17.5 Å². The van der Waals surface area contributed by atoms with Crippen molar-refractivity contribution in [2.75, 3.05) is 18.0 Å². The molecule has 0 saturated carbocycles. The third-order valence-corrected chi connectivity index (χ3v) is 4.02. The molecule has 1 aliphatic heterocycles. The number of rotatable bonds is 6. The van der Waals surface area contributed by atoms with Gasteiger partial charge in [0, 0.05) is 25.2 Å². The van der Waals surface area contributed by atoms with E-state index in [0.717, 1.165) is 17.7 Å². The van der Waals surface area contributed by atoms with Crippen molar-refractivity contribution in [3.63, 3.8) is 0 Å². The van der Waals surface area contributed by atoms with Gasteiger partial charge in [0.2, 0.25) is 11.8 Å². The molecule has 2 amide bonds. The SMILES string of the molecule is CCc1ccccc1N1C[C@H](C(=O)NCC[C@H](C)O)CC1=O. The number of aliphatic hydroxyl groups excluding tert-OH is 1. The van der Waals surface area contributed by atoms with E-state index < -0.39 is 6.10 Å². The fourth-order valence-corrected chi connectivity index (χ4v) is 2.74. The minimum Gasteiger partial charge on any atom is -0.393 e. The molecule has 2 N–H and O–H groups in total. The van der Waals surface area contributed by atoms with Crippen molar-refractivity contribution in [1.29, 1.82) is 0 Å². The molecule has 1 aliphatic rings. The zero-order valence-electron chi connectivity index (χ0n) is 13.2. The summed E-state index contributed by atoms with van der Waals surface area (Å²) in [6.45, 7) is 4.61. The fourth-order valence-electron chi connectivity index (χ4n) is 2.74. The average Bonchev–Trinajstić information content (AvgIpc) is 2.88. The first kappa shape index (κ1) is 16.5. The van der Waals surface area contributed by atoms with Crippen molar-refractivity contribution in [1.82, 2.24) is 5.32 Å². The van der Waals surface area contributed by atoms with E-state index in [4.69, 9.17) is 0 Å². The van der Waals surface area contributed by atoms with Gasteiger partial charge in [0.15, 0.2) is 0 Å². The Morgan fingerprint density at radius 3 is 2.86 bits per heavy atom. The number of hydrogen-bond donors (Lipinski definition) is 2. The van der Waals surface area contributed by atoms with Gasteiger partial charge in [-0.25, -0.2) is 0 Å². The molecule has 0 aliphatic carbocycles. The lowest BCUT2D eigenvalue weighted by atomic mass is 10.1. The predicted molar refractivity (Wildman–Crippen MR) is 85.6 cm³/mol. The Balaban J connectivity index is 2.00. The number of aliphatic hydroxyl groups is 1. The largest absolute Gasteiger partial charge is 0.393 e. The van der Waals surface area contributed by atoms with E-state index in [-0.39, 0.29) is 24.2 Å². The van der Waals surface area contributed by atoms with Crippen LogP contribution in [0.2, 0.25) is 0 Å². The van der Waals surface area contributed by atoms with E-state index >= 15 is 0 Å². The zero-order valence-corrected chi connectivity index (χ0v) is 13.2. The number of nitrogens with one attached hydrogen (secondary N) is 1. The average molecular weight is 304 g/mol. The lowest BCUT2D eigenvalue weighted by molar-refractivity contribution is -0.126. The topological polar surface area (TPSA) is 69.6 Å². The number of aryl methyl sites for hydroxylation is 1. The molecular formula is C17H24N2O3. The second kappa shape index (κ2) is 7.40.